The Balaban J connectivity index is 1.32. The van der Waals surface area contributed by atoms with Gasteiger partial charge in [0.25, 0.3) is 0 Å². The highest BCUT2D eigenvalue weighted by molar-refractivity contribution is 9.10. The minimum Gasteiger partial charge on any atom is -0.444 e. The van der Waals surface area contributed by atoms with Crippen LogP contribution in [0.5, 0.6) is 0 Å². The highest BCUT2D eigenvalue weighted by Crippen LogP contribution is 2.61. The van der Waals surface area contributed by atoms with Gasteiger partial charge in [0.2, 0.25) is 0 Å². The molecule has 0 N–H and O–H groups in total. The lowest BCUT2D eigenvalue weighted by Crippen LogP contribution is -2.41. The summed E-state index contributed by atoms with van der Waals surface area (Å²) in [6.07, 6.45) is 3.97. The number of halogens is 3. The van der Waals surface area contributed by atoms with E-state index in [2.05, 4.69) is 41.5 Å². The predicted octanol–water partition coefficient (Wildman–Crippen LogP) is 7.88. The van der Waals surface area contributed by atoms with Crippen molar-refractivity contribution in [2.75, 3.05) is 6.54 Å². The van der Waals surface area contributed by atoms with Crippen molar-refractivity contribution in [2.24, 2.45) is 5.41 Å². The van der Waals surface area contributed by atoms with Gasteiger partial charge >= 0.3 is 6.09 Å². The van der Waals surface area contributed by atoms with Crippen molar-refractivity contribution in [1.82, 2.24) is 24.4 Å². The Hall–Kier alpha value is -2.50. The Morgan fingerprint density at radius 3 is 2.65 bits per heavy atom. The molecule has 3 aliphatic rings. The molecule has 0 bridgehead atoms. The molecule has 0 radical (unpaired) electrons. The van der Waals surface area contributed by atoms with E-state index in [1.54, 1.807) is 0 Å². The number of amides is 1. The van der Waals surface area contributed by atoms with E-state index in [0.717, 1.165) is 32.0 Å². The van der Waals surface area contributed by atoms with Crippen LogP contribution < -0.4 is 0 Å². The topological polar surface area (TPSA) is 91.6 Å². The van der Waals surface area contributed by atoms with Crippen molar-refractivity contribution >= 4 is 67.2 Å². The van der Waals surface area contributed by atoms with Gasteiger partial charge in [-0.25, -0.2) is 19.7 Å². The van der Waals surface area contributed by atoms with Gasteiger partial charge in [-0.15, -0.1) is 0 Å². The summed E-state index contributed by atoms with van der Waals surface area (Å²) < 4.78 is 22.1. The Bertz CT molecular complexity index is 1770. The molecule has 1 aliphatic carbocycles. The van der Waals surface area contributed by atoms with Crippen molar-refractivity contribution in [3.05, 3.63) is 63.2 Å². The lowest BCUT2D eigenvalue weighted by Gasteiger charge is -2.32. The third-order valence-electron chi connectivity index (χ3n) is 8.77. The number of fused-ring (bicyclic) bond motifs is 4. The zero-order valence-electron chi connectivity index (χ0n) is 24.5. The van der Waals surface area contributed by atoms with E-state index >= 15 is 0 Å². The highest BCUT2D eigenvalue weighted by atomic mass is 79.9. The molecule has 1 unspecified atom stereocenters. The number of nitrogens with zero attached hydrogens (tertiary/aromatic N) is 5. The van der Waals surface area contributed by atoms with E-state index < -0.39 is 16.8 Å². The van der Waals surface area contributed by atoms with Crippen molar-refractivity contribution in [1.29, 1.82) is 0 Å². The van der Waals surface area contributed by atoms with Gasteiger partial charge in [0, 0.05) is 23.5 Å². The predicted molar refractivity (Wildman–Crippen MR) is 167 cm³/mol. The third-order valence-corrected chi connectivity index (χ3v) is 10.2. The maximum atomic E-state index is 13.8. The molecule has 4 aromatic rings. The molecule has 1 spiro atoms. The molecule has 1 aromatic carbocycles. The smallest absolute Gasteiger partial charge is 0.410 e. The number of carbonyl (C=O) groups is 1. The standard InChI is InChI=1S/C31H32BrCl2N5O4/c1-29(2,3)43-28(40)39-14-31(12-21(39)17-7-6-16-10-19(32)26(34)37-20(16)11-17)13-22(23-24(31)42-30(4,5)41-23)38-9-8-18-25(33)35-15-36-27(18)38/h6-11,15,21-24H,12-14H2,1-5H3/t21?,22-,23+,24+,31+/m1/s1. The van der Waals surface area contributed by atoms with Crippen LogP contribution in [0.4, 0.5) is 4.79 Å². The average Bonchev–Trinajstić information content (AvgIpc) is 3.66. The SMILES string of the molecule is CC(C)(C)OC(=O)N1C[C@]2(CC1c1ccc3cc(Br)c(Cl)nc3c1)C[C@@H](n1ccc3c(Cl)ncnc31)[C@@H]1OC(C)(C)O[C@@H]12. The monoisotopic (exact) mass is 687 g/mol. The summed E-state index contributed by atoms with van der Waals surface area (Å²) in [5, 5.41) is 2.53. The van der Waals surface area contributed by atoms with Crippen molar-refractivity contribution in [3.63, 3.8) is 0 Å². The summed E-state index contributed by atoms with van der Waals surface area (Å²) in [7, 11) is 0. The van der Waals surface area contributed by atoms with E-state index in [1.165, 1.54) is 6.33 Å². The van der Waals surface area contributed by atoms with E-state index in [4.69, 9.17) is 37.4 Å². The molecule has 3 fully saturated rings. The molecule has 3 aromatic heterocycles. The summed E-state index contributed by atoms with van der Waals surface area (Å²) >= 11 is 16.2. The summed E-state index contributed by atoms with van der Waals surface area (Å²) in [5.74, 6) is -0.789. The van der Waals surface area contributed by atoms with Gasteiger partial charge in [0.1, 0.15) is 34.0 Å². The van der Waals surface area contributed by atoms with Crippen LogP contribution in [-0.2, 0) is 14.2 Å². The van der Waals surface area contributed by atoms with Crippen LogP contribution in [0.25, 0.3) is 21.9 Å². The molecule has 12 heteroatoms. The fourth-order valence-corrected chi connectivity index (χ4v) is 7.84. The number of hydrogen-bond donors (Lipinski definition) is 0. The molecule has 5 heterocycles. The van der Waals surface area contributed by atoms with Crippen LogP contribution in [0.2, 0.25) is 10.3 Å². The third kappa shape index (κ3) is 4.99. The van der Waals surface area contributed by atoms with E-state index in [0.29, 0.717) is 29.7 Å². The van der Waals surface area contributed by atoms with Gasteiger partial charge < -0.3 is 23.7 Å². The summed E-state index contributed by atoms with van der Waals surface area (Å²) in [4.78, 5) is 29.0. The number of aromatic nitrogens is 4. The van der Waals surface area contributed by atoms with Gasteiger partial charge in [-0.05, 0) is 87.2 Å². The molecular weight excluding hydrogens is 657 g/mol. The molecular formula is C31H32BrCl2N5O4. The second-order valence-electron chi connectivity index (χ2n) is 13.3. The van der Waals surface area contributed by atoms with Crippen LogP contribution >= 0.6 is 39.1 Å². The zero-order valence-corrected chi connectivity index (χ0v) is 27.6. The van der Waals surface area contributed by atoms with Crippen LogP contribution in [-0.4, -0.2) is 60.7 Å². The Labute approximate surface area is 267 Å². The van der Waals surface area contributed by atoms with Crippen LogP contribution in [0, 0.1) is 5.41 Å². The number of hydrogen-bond acceptors (Lipinski definition) is 7. The summed E-state index contributed by atoms with van der Waals surface area (Å²) in [6.45, 7) is 9.98. The minimum atomic E-state index is -0.789. The Morgan fingerprint density at radius 2 is 1.88 bits per heavy atom. The van der Waals surface area contributed by atoms with Crippen LogP contribution in [0.15, 0.2) is 47.3 Å². The molecule has 1 saturated carbocycles. The average molecular weight is 689 g/mol. The van der Waals surface area contributed by atoms with Gasteiger partial charge in [-0.2, -0.15) is 0 Å². The highest BCUT2D eigenvalue weighted by Gasteiger charge is 2.66. The Morgan fingerprint density at radius 1 is 1.09 bits per heavy atom. The molecule has 226 valence electrons. The first-order chi connectivity index (χ1) is 20.2. The molecule has 2 saturated heterocycles. The molecule has 7 rings (SSSR count). The molecule has 5 atom stereocenters. The van der Waals surface area contributed by atoms with E-state index in [9.17, 15) is 4.79 Å². The minimum absolute atomic E-state index is 0.0936. The van der Waals surface area contributed by atoms with Crippen LogP contribution in [0.3, 0.4) is 0 Å². The molecule has 1 amide bonds. The number of likely N-dealkylation sites (tertiary alicyclic amines) is 1. The summed E-state index contributed by atoms with van der Waals surface area (Å²) in [6, 6.07) is 9.62. The number of rotatable bonds is 2. The fourth-order valence-electron chi connectivity index (χ4n) is 7.17. The van der Waals surface area contributed by atoms with Gasteiger partial charge in [0.15, 0.2) is 5.79 Å². The number of carbonyl (C=O) groups excluding carboxylic acids is 1. The number of pyridine rings is 1. The maximum absolute atomic E-state index is 13.8. The largest absolute Gasteiger partial charge is 0.444 e. The van der Waals surface area contributed by atoms with Crippen molar-refractivity contribution in [2.45, 2.75) is 83.1 Å². The fraction of sp³-hybridized carbons (Fsp3) is 0.484. The number of ether oxygens (including phenoxy) is 3. The van der Waals surface area contributed by atoms with Crippen molar-refractivity contribution < 1.29 is 19.0 Å². The van der Waals surface area contributed by atoms with E-state index in [-0.39, 0.29) is 30.4 Å². The zero-order chi connectivity index (χ0) is 30.5. The molecule has 43 heavy (non-hydrogen) atoms. The first-order valence-electron chi connectivity index (χ1n) is 14.3. The maximum Gasteiger partial charge on any atom is 0.410 e. The lowest BCUT2D eigenvalue weighted by molar-refractivity contribution is -0.168. The normalized spacial score (nSPS) is 28.3. The summed E-state index contributed by atoms with van der Waals surface area (Å²) in [5.41, 5.74) is 1.40. The number of benzene rings is 1. The molecule has 9 nitrogen and oxygen atoms in total. The lowest BCUT2D eigenvalue weighted by atomic mass is 9.80. The first-order valence-corrected chi connectivity index (χ1v) is 15.9. The Kier molecular flexibility index (Phi) is 6.80. The molecule has 2 aliphatic heterocycles. The van der Waals surface area contributed by atoms with Crippen molar-refractivity contribution in [3.8, 4) is 0 Å². The van der Waals surface area contributed by atoms with Gasteiger partial charge in [-0.1, -0.05) is 35.3 Å². The van der Waals surface area contributed by atoms with Gasteiger partial charge in [0.05, 0.1) is 33.6 Å². The quantitative estimate of drug-likeness (QED) is 0.156. The van der Waals surface area contributed by atoms with E-state index in [1.807, 2.05) is 70.0 Å². The van der Waals surface area contributed by atoms with Crippen LogP contribution in [0.1, 0.15) is 65.1 Å². The second kappa shape index (κ2) is 10.0. The van der Waals surface area contributed by atoms with Gasteiger partial charge in [-0.3, -0.25) is 0 Å². The second-order valence-corrected chi connectivity index (χ2v) is 14.9. The first kappa shape index (κ1) is 29.2.